The summed E-state index contributed by atoms with van der Waals surface area (Å²) in [5, 5.41) is 14.8. The molecule has 28 heavy (non-hydrogen) atoms. The third-order valence-electron chi connectivity index (χ3n) is 4.59. The van der Waals surface area contributed by atoms with Crippen LogP contribution in [0.1, 0.15) is 12.8 Å². The van der Waals surface area contributed by atoms with Gasteiger partial charge in [0, 0.05) is 48.5 Å². The highest BCUT2D eigenvalue weighted by Crippen LogP contribution is 2.30. The lowest BCUT2D eigenvalue weighted by molar-refractivity contribution is -0.117. The highest BCUT2D eigenvalue weighted by Gasteiger charge is 2.29. The van der Waals surface area contributed by atoms with Crippen LogP contribution in [0.3, 0.4) is 0 Å². The van der Waals surface area contributed by atoms with Crippen LogP contribution < -0.4 is 10.6 Å². The molecule has 0 radical (unpaired) electrons. The minimum Gasteiger partial charge on any atom is -0.326 e. The number of benzene rings is 1. The number of nitrogens with zero attached hydrogens (tertiary/aromatic N) is 6. The van der Waals surface area contributed by atoms with Gasteiger partial charge in [0.2, 0.25) is 11.9 Å². The fourth-order valence-corrected chi connectivity index (χ4v) is 2.97. The molecule has 1 saturated carbocycles. The summed E-state index contributed by atoms with van der Waals surface area (Å²) in [6.07, 6.45) is 9.05. The molecule has 0 unspecified atom stereocenters. The molecule has 0 spiro atoms. The smallest absolute Gasteiger partial charge is 0.247 e. The van der Waals surface area contributed by atoms with Gasteiger partial charge in [0.05, 0.1) is 6.20 Å². The molecule has 3 aromatic heterocycles. The van der Waals surface area contributed by atoms with Crippen molar-refractivity contribution in [3.63, 3.8) is 0 Å². The number of hydrogen-bond donors (Lipinski definition) is 2. The molecule has 1 fully saturated rings. The van der Waals surface area contributed by atoms with Crippen molar-refractivity contribution in [2.45, 2.75) is 12.8 Å². The third kappa shape index (κ3) is 3.18. The van der Waals surface area contributed by atoms with Crippen LogP contribution in [0, 0.1) is 5.92 Å². The SMILES string of the molecule is Cn1cc(-c2nccn3nc(Nc4ccc(NC(=O)C5CC5)cc4)nc23)cn1. The van der Waals surface area contributed by atoms with Gasteiger partial charge in [-0.2, -0.15) is 10.1 Å². The minimum atomic E-state index is 0.0955. The summed E-state index contributed by atoms with van der Waals surface area (Å²) in [5.41, 5.74) is 3.85. The lowest BCUT2D eigenvalue weighted by Gasteiger charge is -2.06. The Labute approximate surface area is 160 Å². The number of nitrogens with one attached hydrogen (secondary N) is 2. The van der Waals surface area contributed by atoms with Crippen LogP contribution in [0.5, 0.6) is 0 Å². The largest absolute Gasteiger partial charge is 0.326 e. The summed E-state index contributed by atoms with van der Waals surface area (Å²) in [5.74, 6) is 0.744. The number of aromatic nitrogens is 6. The molecule has 2 N–H and O–H groups in total. The number of hydrogen-bond acceptors (Lipinski definition) is 6. The van der Waals surface area contributed by atoms with Gasteiger partial charge in [0.25, 0.3) is 0 Å². The highest BCUT2D eigenvalue weighted by atomic mass is 16.2. The fraction of sp³-hybridized carbons (Fsp3) is 0.211. The molecule has 9 nitrogen and oxygen atoms in total. The zero-order chi connectivity index (χ0) is 19.1. The van der Waals surface area contributed by atoms with E-state index in [0.29, 0.717) is 17.3 Å². The van der Waals surface area contributed by atoms with Crippen LogP contribution in [0.2, 0.25) is 0 Å². The van der Waals surface area contributed by atoms with Crippen LogP contribution in [-0.4, -0.2) is 35.3 Å². The number of carbonyl (C=O) groups is 1. The predicted molar refractivity (Wildman–Crippen MR) is 104 cm³/mol. The first-order valence-corrected chi connectivity index (χ1v) is 9.04. The van der Waals surface area contributed by atoms with Crippen molar-refractivity contribution in [3.05, 3.63) is 49.1 Å². The third-order valence-corrected chi connectivity index (χ3v) is 4.59. The van der Waals surface area contributed by atoms with E-state index in [1.807, 2.05) is 37.5 Å². The second-order valence-corrected chi connectivity index (χ2v) is 6.85. The molecular weight excluding hydrogens is 356 g/mol. The van der Waals surface area contributed by atoms with E-state index in [2.05, 4.69) is 30.8 Å². The van der Waals surface area contributed by atoms with Gasteiger partial charge < -0.3 is 10.6 Å². The van der Waals surface area contributed by atoms with E-state index in [4.69, 9.17) is 0 Å². The zero-order valence-electron chi connectivity index (χ0n) is 15.2. The fourth-order valence-electron chi connectivity index (χ4n) is 2.97. The van der Waals surface area contributed by atoms with Crippen molar-refractivity contribution in [1.82, 2.24) is 29.4 Å². The van der Waals surface area contributed by atoms with E-state index >= 15 is 0 Å². The standard InChI is InChI=1S/C19H18N8O/c1-26-11-13(10-21-26)16-17-24-19(25-27(17)9-8-20-16)23-15-6-4-14(5-7-15)22-18(28)12-2-3-12/h4-12H,2-3H2,1H3,(H,22,28)(H,23,25). The maximum Gasteiger partial charge on any atom is 0.247 e. The average molecular weight is 374 g/mol. The Bertz CT molecular complexity index is 1160. The molecule has 1 aliphatic rings. The Hall–Kier alpha value is -3.75. The predicted octanol–water partition coefficient (Wildman–Crippen LogP) is 2.62. The van der Waals surface area contributed by atoms with E-state index in [-0.39, 0.29) is 11.8 Å². The van der Waals surface area contributed by atoms with Crippen molar-refractivity contribution < 1.29 is 4.79 Å². The topological polar surface area (TPSA) is 102 Å². The molecular formula is C19H18N8O. The Balaban J connectivity index is 1.37. The molecule has 9 heteroatoms. The van der Waals surface area contributed by atoms with Crippen LogP contribution in [0.15, 0.2) is 49.1 Å². The number of anilines is 3. The Kier molecular flexibility index (Phi) is 3.78. The second kappa shape index (κ2) is 6.45. The average Bonchev–Trinajstić information content (AvgIpc) is 3.33. The van der Waals surface area contributed by atoms with Crippen LogP contribution in [-0.2, 0) is 11.8 Å². The summed E-state index contributed by atoms with van der Waals surface area (Å²) >= 11 is 0. The summed E-state index contributed by atoms with van der Waals surface area (Å²) in [6.45, 7) is 0. The van der Waals surface area contributed by atoms with Gasteiger partial charge in [0.15, 0.2) is 5.65 Å². The maximum absolute atomic E-state index is 11.8. The van der Waals surface area contributed by atoms with Gasteiger partial charge in [-0.1, -0.05) is 0 Å². The molecule has 0 saturated heterocycles. The molecule has 3 heterocycles. The first-order valence-electron chi connectivity index (χ1n) is 9.04. The van der Waals surface area contributed by atoms with Crippen molar-refractivity contribution >= 4 is 28.9 Å². The Morgan fingerprint density at radius 1 is 1.18 bits per heavy atom. The van der Waals surface area contributed by atoms with Gasteiger partial charge in [-0.15, -0.1) is 5.10 Å². The van der Waals surface area contributed by atoms with E-state index < -0.39 is 0 Å². The Morgan fingerprint density at radius 2 is 1.96 bits per heavy atom. The number of rotatable bonds is 5. The van der Waals surface area contributed by atoms with E-state index in [9.17, 15) is 4.79 Å². The lowest BCUT2D eigenvalue weighted by atomic mass is 10.2. The van der Waals surface area contributed by atoms with Crippen molar-refractivity contribution in [2.24, 2.45) is 13.0 Å². The molecule has 5 rings (SSSR count). The number of amides is 1. The monoisotopic (exact) mass is 374 g/mol. The first kappa shape index (κ1) is 16.4. The van der Waals surface area contributed by atoms with Gasteiger partial charge >= 0.3 is 0 Å². The second-order valence-electron chi connectivity index (χ2n) is 6.85. The number of fused-ring (bicyclic) bond motifs is 1. The van der Waals surface area contributed by atoms with Crippen molar-refractivity contribution in [3.8, 4) is 11.3 Å². The van der Waals surface area contributed by atoms with Gasteiger partial charge in [-0.05, 0) is 37.1 Å². The van der Waals surface area contributed by atoms with Gasteiger partial charge in [-0.25, -0.2) is 4.52 Å². The molecule has 1 aliphatic carbocycles. The Morgan fingerprint density at radius 3 is 2.68 bits per heavy atom. The van der Waals surface area contributed by atoms with Gasteiger partial charge in [-0.3, -0.25) is 14.5 Å². The summed E-state index contributed by atoms with van der Waals surface area (Å²) in [4.78, 5) is 20.8. The van der Waals surface area contributed by atoms with E-state index in [1.54, 1.807) is 27.8 Å². The van der Waals surface area contributed by atoms with Crippen molar-refractivity contribution in [2.75, 3.05) is 10.6 Å². The molecule has 140 valence electrons. The summed E-state index contributed by atoms with van der Waals surface area (Å²) < 4.78 is 3.40. The molecule has 1 aromatic carbocycles. The quantitative estimate of drug-likeness (QED) is 0.557. The summed E-state index contributed by atoms with van der Waals surface area (Å²) in [6, 6.07) is 7.49. The van der Waals surface area contributed by atoms with E-state index in [1.165, 1.54) is 0 Å². The van der Waals surface area contributed by atoms with Crippen LogP contribution >= 0.6 is 0 Å². The highest BCUT2D eigenvalue weighted by molar-refractivity contribution is 5.94. The zero-order valence-corrected chi connectivity index (χ0v) is 15.2. The van der Waals surface area contributed by atoms with Crippen LogP contribution in [0.4, 0.5) is 17.3 Å². The van der Waals surface area contributed by atoms with E-state index in [0.717, 1.165) is 29.8 Å². The van der Waals surface area contributed by atoms with Crippen molar-refractivity contribution in [1.29, 1.82) is 0 Å². The maximum atomic E-state index is 11.8. The lowest BCUT2D eigenvalue weighted by Crippen LogP contribution is -2.13. The normalized spacial score (nSPS) is 13.6. The molecule has 0 aliphatic heterocycles. The molecule has 4 aromatic rings. The first-order chi connectivity index (χ1) is 13.7. The molecule has 1 amide bonds. The van der Waals surface area contributed by atoms with Crippen LogP contribution in [0.25, 0.3) is 16.9 Å². The van der Waals surface area contributed by atoms with Gasteiger partial charge in [0.1, 0.15) is 5.69 Å². The minimum absolute atomic E-state index is 0.0955. The molecule has 0 atom stereocenters. The number of aryl methyl sites for hydroxylation is 1. The number of carbonyl (C=O) groups excluding carboxylic acids is 1. The molecule has 0 bridgehead atoms. The summed E-state index contributed by atoms with van der Waals surface area (Å²) in [7, 11) is 1.86.